The number of hydrogen-bond acceptors (Lipinski definition) is 2. The van der Waals surface area contributed by atoms with Gasteiger partial charge in [-0.1, -0.05) is 34.6 Å². The van der Waals surface area contributed by atoms with Crippen LogP contribution in [0.3, 0.4) is 0 Å². The molecule has 3 N–H and O–H groups in total. The number of carbonyl (C=O) groups is 1. The summed E-state index contributed by atoms with van der Waals surface area (Å²) < 4.78 is 0.768. The van der Waals surface area contributed by atoms with E-state index in [2.05, 4.69) is 27.8 Å². The van der Waals surface area contributed by atoms with Crippen LogP contribution in [0.1, 0.15) is 12.0 Å². The van der Waals surface area contributed by atoms with Crippen LogP contribution in [0.15, 0.2) is 35.3 Å². The largest absolute Gasteiger partial charge is 0.399 e. The number of halogens is 1. The van der Waals surface area contributed by atoms with Gasteiger partial charge in [0, 0.05) is 23.1 Å². The first-order valence-electron chi connectivity index (χ1n) is 5.02. The zero-order chi connectivity index (χ0) is 12.0. The summed E-state index contributed by atoms with van der Waals surface area (Å²) in [5.74, 6) is 0.0167. The van der Waals surface area contributed by atoms with E-state index >= 15 is 0 Å². The highest BCUT2D eigenvalue weighted by Gasteiger charge is 2.02. The second kappa shape index (κ2) is 6.33. The lowest BCUT2D eigenvalue weighted by molar-refractivity contribution is -0.120. The monoisotopic (exact) mass is 282 g/mol. The zero-order valence-electron chi connectivity index (χ0n) is 9.00. The highest BCUT2D eigenvalue weighted by Crippen LogP contribution is 2.08. The average Bonchev–Trinajstić information content (AvgIpc) is 2.23. The Labute approximate surface area is 104 Å². The molecule has 0 heterocycles. The van der Waals surface area contributed by atoms with Crippen LogP contribution in [0.25, 0.3) is 0 Å². The second-order valence-electron chi connectivity index (χ2n) is 3.54. The van der Waals surface area contributed by atoms with Crippen molar-refractivity contribution in [3.8, 4) is 0 Å². The van der Waals surface area contributed by atoms with Gasteiger partial charge in [-0.3, -0.25) is 4.79 Å². The van der Waals surface area contributed by atoms with Crippen LogP contribution in [0.4, 0.5) is 5.69 Å². The lowest BCUT2D eigenvalue weighted by Crippen LogP contribution is -2.24. The number of nitrogens with two attached hydrogens (primary N) is 1. The van der Waals surface area contributed by atoms with Crippen LogP contribution in [-0.2, 0) is 11.2 Å². The van der Waals surface area contributed by atoms with E-state index in [-0.39, 0.29) is 5.91 Å². The minimum atomic E-state index is 0.0167. The first kappa shape index (κ1) is 12.8. The van der Waals surface area contributed by atoms with Crippen molar-refractivity contribution in [3.63, 3.8) is 0 Å². The molecular formula is C12H15BrN2O. The number of anilines is 1. The minimum Gasteiger partial charge on any atom is -0.399 e. The first-order valence-corrected chi connectivity index (χ1v) is 5.81. The van der Waals surface area contributed by atoms with Gasteiger partial charge in [-0.25, -0.2) is 0 Å². The lowest BCUT2D eigenvalue weighted by Gasteiger charge is -2.04. The molecule has 1 amide bonds. The fourth-order valence-electron chi connectivity index (χ4n) is 1.29. The molecule has 16 heavy (non-hydrogen) atoms. The van der Waals surface area contributed by atoms with E-state index in [1.807, 2.05) is 24.3 Å². The Balaban J connectivity index is 2.34. The molecule has 0 aliphatic heterocycles. The molecule has 3 nitrogen and oxygen atoms in total. The van der Waals surface area contributed by atoms with Crippen LogP contribution < -0.4 is 11.1 Å². The third-order valence-corrected chi connectivity index (χ3v) is 2.35. The number of carbonyl (C=O) groups excluding carboxylic acids is 1. The summed E-state index contributed by atoms with van der Waals surface area (Å²) in [5, 5.41) is 2.75. The molecule has 0 spiro atoms. The number of rotatable bonds is 5. The Hall–Kier alpha value is -1.29. The molecule has 0 saturated heterocycles. The fourth-order valence-corrected chi connectivity index (χ4v) is 1.43. The summed E-state index contributed by atoms with van der Waals surface area (Å²) in [5.41, 5.74) is 7.45. The molecule has 1 rings (SSSR count). The number of nitrogen functional groups attached to an aromatic ring is 1. The Morgan fingerprint density at radius 3 is 2.88 bits per heavy atom. The van der Waals surface area contributed by atoms with Gasteiger partial charge in [0.05, 0.1) is 0 Å². The van der Waals surface area contributed by atoms with Crippen LogP contribution in [0.2, 0.25) is 0 Å². The number of aryl methyl sites for hydroxylation is 1. The molecule has 0 radical (unpaired) electrons. The van der Waals surface area contributed by atoms with Gasteiger partial charge >= 0.3 is 0 Å². The Kier molecular flexibility index (Phi) is 5.05. The Morgan fingerprint density at radius 2 is 2.25 bits per heavy atom. The van der Waals surface area contributed by atoms with Gasteiger partial charge in [-0.2, -0.15) is 0 Å². The summed E-state index contributed by atoms with van der Waals surface area (Å²) in [6.07, 6.45) is 1.16. The molecule has 1 aromatic carbocycles. The van der Waals surface area contributed by atoms with E-state index < -0.39 is 0 Å². The molecule has 0 aromatic heterocycles. The van der Waals surface area contributed by atoms with Crippen LogP contribution in [0.5, 0.6) is 0 Å². The predicted octanol–water partition coefficient (Wildman–Crippen LogP) is 2.23. The summed E-state index contributed by atoms with van der Waals surface area (Å²) in [6.45, 7) is 4.11. The number of nitrogens with one attached hydrogen (secondary N) is 1. The van der Waals surface area contributed by atoms with E-state index in [0.717, 1.165) is 15.7 Å². The number of benzene rings is 1. The average molecular weight is 283 g/mol. The molecule has 86 valence electrons. The van der Waals surface area contributed by atoms with Crippen molar-refractivity contribution in [1.29, 1.82) is 0 Å². The molecule has 0 atom stereocenters. The lowest BCUT2D eigenvalue weighted by atomic mass is 10.1. The van der Waals surface area contributed by atoms with E-state index in [1.54, 1.807) is 0 Å². The zero-order valence-corrected chi connectivity index (χ0v) is 10.6. The highest BCUT2D eigenvalue weighted by molar-refractivity contribution is 9.11. The van der Waals surface area contributed by atoms with Crippen LogP contribution in [-0.4, -0.2) is 12.5 Å². The highest BCUT2D eigenvalue weighted by atomic mass is 79.9. The summed E-state index contributed by atoms with van der Waals surface area (Å²) in [6, 6.07) is 7.57. The maximum atomic E-state index is 11.4. The molecule has 4 heteroatoms. The third-order valence-electron chi connectivity index (χ3n) is 2.07. The van der Waals surface area contributed by atoms with E-state index in [0.29, 0.717) is 19.4 Å². The number of amides is 1. The van der Waals surface area contributed by atoms with E-state index in [9.17, 15) is 4.79 Å². The van der Waals surface area contributed by atoms with E-state index in [4.69, 9.17) is 5.73 Å². The van der Waals surface area contributed by atoms with Gasteiger partial charge in [-0.05, 0) is 24.1 Å². The Morgan fingerprint density at radius 1 is 1.50 bits per heavy atom. The standard InChI is InChI=1S/C12H15BrN2O/c1-9(13)8-15-12(16)6-5-10-3-2-4-11(14)7-10/h2-4,7H,1,5-6,8,14H2,(H,15,16). The van der Waals surface area contributed by atoms with E-state index in [1.165, 1.54) is 0 Å². The van der Waals surface area contributed by atoms with Gasteiger partial charge in [0.2, 0.25) is 5.91 Å². The van der Waals surface area contributed by atoms with Gasteiger partial charge in [0.1, 0.15) is 0 Å². The smallest absolute Gasteiger partial charge is 0.220 e. The molecule has 1 aromatic rings. The maximum absolute atomic E-state index is 11.4. The third kappa shape index (κ3) is 4.98. The van der Waals surface area contributed by atoms with Gasteiger partial charge in [0.25, 0.3) is 0 Å². The summed E-state index contributed by atoms with van der Waals surface area (Å²) in [7, 11) is 0. The summed E-state index contributed by atoms with van der Waals surface area (Å²) >= 11 is 3.18. The van der Waals surface area contributed by atoms with Crippen molar-refractivity contribution >= 4 is 27.5 Å². The molecule has 0 aliphatic carbocycles. The van der Waals surface area contributed by atoms with Crippen molar-refractivity contribution in [3.05, 3.63) is 40.9 Å². The summed E-state index contributed by atoms with van der Waals surface area (Å²) in [4.78, 5) is 11.4. The Bertz CT molecular complexity index is 390. The topological polar surface area (TPSA) is 55.1 Å². The van der Waals surface area contributed by atoms with Gasteiger partial charge in [0.15, 0.2) is 0 Å². The van der Waals surface area contributed by atoms with Gasteiger partial charge in [-0.15, -0.1) is 0 Å². The quantitative estimate of drug-likeness (QED) is 0.814. The van der Waals surface area contributed by atoms with Gasteiger partial charge < -0.3 is 11.1 Å². The maximum Gasteiger partial charge on any atom is 0.220 e. The minimum absolute atomic E-state index is 0.0167. The first-order chi connectivity index (χ1) is 7.58. The normalized spacial score (nSPS) is 9.81. The SMILES string of the molecule is C=C(Br)CNC(=O)CCc1cccc(N)c1. The van der Waals surface area contributed by atoms with Crippen LogP contribution in [0, 0.1) is 0 Å². The fraction of sp³-hybridized carbons (Fsp3) is 0.250. The van der Waals surface area contributed by atoms with Crippen molar-refractivity contribution in [1.82, 2.24) is 5.32 Å². The molecule has 0 bridgehead atoms. The predicted molar refractivity (Wildman–Crippen MR) is 70.3 cm³/mol. The molecule has 0 fully saturated rings. The molecule has 0 unspecified atom stereocenters. The van der Waals surface area contributed by atoms with Crippen molar-refractivity contribution in [2.75, 3.05) is 12.3 Å². The molecule has 0 saturated carbocycles. The molecular weight excluding hydrogens is 268 g/mol. The van der Waals surface area contributed by atoms with Crippen molar-refractivity contribution < 1.29 is 4.79 Å². The van der Waals surface area contributed by atoms with Crippen LogP contribution >= 0.6 is 15.9 Å². The van der Waals surface area contributed by atoms with Crippen molar-refractivity contribution in [2.45, 2.75) is 12.8 Å². The van der Waals surface area contributed by atoms with Crippen molar-refractivity contribution in [2.24, 2.45) is 0 Å². The number of hydrogen-bond donors (Lipinski definition) is 2. The second-order valence-corrected chi connectivity index (χ2v) is 4.66. The molecule has 0 aliphatic rings.